The van der Waals surface area contributed by atoms with Crippen LogP contribution >= 0.6 is 0 Å². The molecule has 1 aromatic carbocycles. The van der Waals surface area contributed by atoms with Gasteiger partial charge in [0.1, 0.15) is 5.70 Å². The number of rotatable bonds is 2. The number of aryl methyl sites for hydroxylation is 1. The molecule has 1 aliphatic heterocycles. The lowest BCUT2D eigenvalue weighted by Crippen LogP contribution is -2.26. The second-order valence-corrected chi connectivity index (χ2v) is 5.07. The quantitative estimate of drug-likeness (QED) is 0.831. The van der Waals surface area contributed by atoms with E-state index in [1.54, 1.807) is 19.0 Å². The van der Waals surface area contributed by atoms with Gasteiger partial charge in [0.2, 0.25) is 0 Å². The summed E-state index contributed by atoms with van der Waals surface area (Å²) in [5.41, 5.74) is 2.67. The largest absolute Gasteiger partial charge is 0.373 e. The van der Waals surface area contributed by atoms with Crippen LogP contribution in [0.2, 0.25) is 0 Å². The first-order valence-corrected chi connectivity index (χ1v) is 6.32. The molecule has 1 aliphatic rings. The molecule has 0 radical (unpaired) electrons. The van der Waals surface area contributed by atoms with Gasteiger partial charge in [-0.2, -0.15) is 0 Å². The first kappa shape index (κ1) is 12.5. The predicted octanol–water partition coefficient (Wildman–Crippen LogP) is 1.11. The molecule has 1 N–H and O–H groups in total. The van der Waals surface area contributed by atoms with Crippen LogP contribution in [0.4, 0.5) is 0 Å². The number of hydrogen-bond donors (Lipinski definition) is 1. The van der Waals surface area contributed by atoms with Crippen molar-refractivity contribution in [3.05, 3.63) is 41.7 Å². The molecule has 0 aliphatic carbocycles. The number of fused-ring (bicyclic) bond motifs is 1. The molecule has 0 saturated heterocycles. The van der Waals surface area contributed by atoms with Crippen molar-refractivity contribution >= 4 is 28.3 Å². The lowest BCUT2D eigenvalue weighted by molar-refractivity contribution is -0.124. The van der Waals surface area contributed by atoms with Gasteiger partial charge >= 0.3 is 0 Å². The molecule has 0 spiro atoms. The summed E-state index contributed by atoms with van der Waals surface area (Å²) in [4.78, 5) is 25.7. The molecule has 2 heterocycles. The smallest absolute Gasteiger partial charge is 0.275 e. The van der Waals surface area contributed by atoms with Crippen molar-refractivity contribution in [2.75, 3.05) is 14.1 Å². The number of likely N-dealkylation sites (N-methyl/N-ethyl adjacent to an activating group) is 1. The van der Waals surface area contributed by atoms with Gasteiger partial charge in [0.15, 0.2) is 0 Å². The molecule has 0 atom stereocenters. The van der Waals surface area contributed by atoms with E-state index >= 15 is 0 Å². The van der Waals surface area contributed by atoms with E-state index in [1.807, 2.05) is 42.1 Å². The van der Waals surface area contributed by atoms with Crippen LogP contribution in [-0.2, 0) is 16.6 Å². The molecule has 3 rings (SSSR count). The van der Waals surface area contributed by atoms with E-state index < -0.39 is 0 Å². The van der Waals surface area contributed by atoms with E-state index in [9.17, 15) is 9.59 Å². The van der Waals surface area contributed by atoms with Crippen LogP contribution in [0.15, 0.2) is 36.2 Å². The summed E-state index contributed by atoms with van der Waals surface area (Å²) in [7, 11) is 5.45. The number of benzene rings is 1. The number of nitrogens with zero attached hydrogens (tertiary/aromatic N) is 2. The second-order valence-electron chi connectivity index (χ2n) is 5.07. The molecule has 5 heteroatoms. The third-order valence-electron chi connectivity index (χ3n) is 3.52. The van der Waals surface area contributed by atoms with Crippen molar-refractivity contribution in [1.82, 2.24) is 14.8 Å². The number of imide groups is 1. The van der Waals surface area contributed by atoms with E-state index in [0.29, 0.717) is 11.3 Å². The van der Waals surface area contributed by atoms with Crippen LogP contribution in [0.1, 0.15) is 5.56 Å². The van der Waals surface area contributed by atoms with Crippen molar-refractivity contribution in [3.63, 3.8) is 0 Å². The Labute approximate surface area is 116 Å². The van der Waals surface area contributed by atoms with Crippen LogP contribution in [-0.4, -0.2) is 35.4 Å². The fraction of sp³-hybridized carbons (Fsp3) is 0.200. The van der Waals surface area contributed by atoms with Crippen LogP contribution in [0.5, 0.6) is 0 Å². The molecule has 102 valence electrons. The molecule has 20 heavy (non-hydrogen) atoms. The lowest BCUT2D eigenvalue weighted by Gasteiger charge is -2.12. The zero-order valence-corrected chi connectivity index (χ0v) is 11.6. The van der Waals surface area contributed by atoms with Crippen LogP contribution < -0.4 is 5.32 Å². The molecule has 1 aromatic heterocycles. The zero-order valence-electron chi connectivity index (χ0n) is 11.6. The van der Waals surface area contributed by atoms with Crippen LogP contribution in [0, 0.1) is 0 Å². The number of aromatic nitrogens is 1. The normalized spacial score (nSPS) is 15.2. The molecule has 0 fully saturated rings. The average Bonchev–Trinajstić information content (AvgIpc) is 2.87. The Balaban J connectivity index is 2.34. The Bertz CT molecular complexity index is 769. The van der Waals surface area contributed by atoms with Crippen LogP contribution in [0.3, 0.4) is 0 Å². The monoisotopic (exact) mass is 269 g/mol. The van der Waals surface area contributed by atoms with E-state index in [0.717, 1.165) is 16.5 Å². The number of carbonyl (C=O) groups excluding carboxylic acids is 2. The fourth-order valence-corrected chi connectivity index (χ4v) is 2.66. The molecule has 5 nitrogen and oxygen atoms in total. The van der Waals surface area contributed by atoms with Gasteiger partial charge in [-0.25, -0.2) is 0 Å². The number of hydrogen-bond acceptors (Lipinski definition) is 3. The number of nitrogens with one attached hydrogen (secondary N) is 1. The van der Waals surface area contributed by atoms with Crippen molar-refractivity contribution < 1.29 is 9.59 Å². The summed E-state index contributed by atoms with van der Waals surface area (Å²) in [6.45, 7) is 0. The lowest BCUT2D eigenvalue weighted by atomic mass is 10.0. The summed E-state index contributed by atoms with van der Waals surface area (Å²) in [6.07, 6.45) is 1.89. The standard InChI is InChI=1S/C15H15N3O2/c1-17(2)13-12(14(19)16-15(13)20)10-8-18(3)11-7-5-4-6-9(10)11/h4-8H,1-3H3,(H,16,19,20). The first-order valence-electron chi connectivity index (χ1n) is 6.32. The predicted molar refractivity (Wildman–Crippen MR) is 76.7 cm³/mol. The summed E-state index contributed by atoms with van der Waals surface area (Å²) >= 11 is 0. The number of amides is 2. The minimum absolute atomic E-state index is 0.338. The van der Waals surface area contributed by atoms with Crippen molar-refractivity contribution in [1.29, 1.82) is 0 Å². The van der Waals surface area contributed by atoms with E-state index in [-0.39, 0.29) is 11.8 Å². The highest BCUT2D eigenvalue weighted by Crippen LogP contribution is 2.31. The third-order valence-corrected chi connectivity index (χ3v) is 3.52. The van der Waals surface area contributed by atoms with E-state index in [4.69, 9.17) is 0 Å². The highest BCUT2D eigenvalue weighted by molar-refractivity contribution is 6.37. The Morgan fingerprint density at radius 1 is 1.10 bits per heavy atom. The molecule has 0 unspecified atom stereocenters. The Hall–Kier alpha value is -2.56. The SMILES string of the molecule is CN(C)C1=C(c2cn(C)c3ccccc23)C(=O)NC1=O. The first-order chi connectivity index (χ1) is 9.50. The Kier molecular flexibility index (Phi) is 2.64. The molecular formula is C15H15N3O2. The van der Waals surface area contributed by atoms with Gasteiger partial charge in [0.25, 0.3) is 11.8 Å². The maximum absolute atomic E-state index is 12.1. The molecule has 0 bridgehead atoms. The highest BCUT2D eigenvalue weighted by Gasteiger charge is 2.33. The summed E-state index contributed by atoms with van der Waals surface area (Å²) < 4.78 is 1.96. The molecular weight excluding hydrogens is 254 g/mol. The van der Waals surface area contributed by atoms with E-state index in [1.165, 1.54) is 0 Å². The van der Waals surface area contributed by atoms with Gasteiger partial charge in [-0.3, -0.25) is 14.9 Å². The minimum atomic E-state index is -0.345. The molecule has 2 aromatic rings. The summed E-state index contributed by atoms with van der Waals surface area (Å²) in [5.74, 6) is -0.682. The third kappa shape index (κ3) is 1.63. The van der Waals surface area contributed by atoms with Crippen molar-refractivity contribution in [2.45, 2.75) is 0 Å². The van der Waals surface area contributed by atoms with Gasteiger partial charge < -0.3 is 9.47 Å². The second kappa shape index (κ2) is 4.23. The Morgan fingerprint density at radius 3 is 2.50 bits per heavy atom. The summed E-state index contributed by atoms with van der Waals surface area (Å²) in [6, 6.07) is 7.83. The van der Waals surface area contributed by atoms with Gasteiger partial charge in [-0.1, -0.05) is 18.2 Å². The highest BCUT2D eigenvalue weighted by atomic mass is 16.2. The average molecular weight is 269 g/mol. The van der Waals surface area contributed by atoms with Gasteiger partial charge in [-0.05, 0) is 6.07 Å². The maximum atomic E-state index is 12.1. The maximum Gasteiger partial charge on any atom is 0.275 e. The Morgan fingerprint density at radius 2 is 1.80 bits per heavy atom. The number of para-hydroxylation sites is 1. The molecule has 2 amide bonds. The van der Waals surface area contributed by atoms with Gasteiger partial charge in [0.05, 0.1) is 5.57 Å². The minimum Gasteiger partial charge on any atom is -0.373 e. The topological polar surface area (TPSA) is 54.3 Å². The number of carbonyl (C=O) groups is 2. The van der Waals surface area contributed by atoms with E-state index in [2.05, 4.69) is 5.32 Å². The van der Waals surface area contributed by atoms with Gasteiger partial charge in [0, 0.05) is 43.8 Å². The van der Waals surface area contributed by atoms with Crippen molar-refractivity contribution in [3.8, 4) is 0 Å². The summed E-state index contributed by atoms with van der Waals surface area (Å²) in [5, 5.41) is 3.33. The van der Waals surface area contributed by atoms with Gasteiger partial charge in [-0.15, -0.1) is 0 Å². The zero-order chi connectivity index (χ0) is 14.4. The van der Waals surface area contributed by atoms with Crippen molar-refractivity contribution in [2.24, 2.45) is 7.05 Å². The fourth-order valence-electron chi connectivity index (χ4n) is 2.66. The molecule has 0 saturated carbocycles. The van der Waals surface area contributed by atoms with Crippen LogP contribution in [0.25, 0.3) is 16.5 Å².